The number of nitrogens with one attached hydrogen (secondary N) is 1. The summed E-state index contributed by atoms with van der Waals surface area (Å²) >= 11 is 0. The van der Waals surface area contributed by atoms with E-state index in [9.17, 15) is 18.0 Å². The zero-order chi connectivity index (χ0) is 22.3. The van der Waals surface area contributed by atoms with Gasteiger partial charge in [0.05, 0.1) is 17.0 Å². The van der Waals surface area contributed by atoms with Crippen molar-refractivity contribution >= 4 is 22.5 Å². The lowest BCUT2D eigenvalue weighted by molar-refractivity contribution is -0.137. The molecule has 7 heteroatoms. The highest BCUT2D eigenvalue weighted by Gasteiger charge is 2.33. The monoisotopic (exact) mass is 429 g/mol. The summed E-state index contributed by atoms with van der Waals surface area (Å²) in [7, 11) is 0. The van der Waals surface area contributed by atoms with E-state index in [-0.39, 0.29) is 11.8 Å². The number of alkyl halides is 3. The van der Waals surface area contributed by atoms with E-state index in [1.807, 2.05) is 42.0 Å². The summed E-state index contributed by atoms with van der Waals surface area (Å²) in [5.74, 6) is 0.496. The van der Waals surface area contributed by atoms with E-state index in [1.165, 1.54) is 12.1 Å². The normalized spacial score (nSPS) is 14.9. The molecule has 3 aromatic rings. The first kappa shape index (κ1) is 21.3. The van der Waals surface area contributed by atoms with Crippen molar-refractivity contribution in [1.82, 2.24) is 9.88 Å². The average Bonchev–Trinajstić information content (AvgIpc) is 3.01. The topological polar surface area (TPSA) is 37.3 Å². The lowest BCUT2D eigenvalue weighted by Gasteiger charge is -2.40. The molecule has 0 bridgehead atoms. The minimum absolute atomic E-state index is 0.0159. The van der Waals surface area contributed by atoms with Gasteiger partial charge in [0.1, 0.15) is 0 Å². The molecule has 0 radical (unpaired) electrons. The van der Waals surface area contributed by atoms with Crippen molar-refractivity contribution in [2.45, 2.75) is 26.9 Å². The van der Waals surface area contributed by atoms with Gasteiger partial charge in [-0.2, -0.15) is 13.2 Å². The van der Waals surface area contributed by atoms with Gasteiger partial charge in [0.25, 0.3) is 0 Å². The van der Waals surface area contributed by atoms with E-state index in [1.54, 1.807) is 0 Å². The maximum absolute atomic E-state index is 13.1. The number of rotatable bonds is 5. The van der Waals surface area contributed by atoms with Gasteiger partial charge in [-0.05, 0) is 54.8 Å². The number of carbonyl (C=O) groups excluding carboxylic acids is 1. The number of hydrogen-bond acceptors (Lipinski definition) is 2. The summed E-state index contributed by atoms with van der Waals surface area (Å²) in [5, 5.41) is 3.57. The molecule has 1 aromatic heterocycles. The van der Waals surface area contributed by atoms with E-state index >= 15 is 0 Å². The largest absolute Gasteiger partial charge is 0.416 e. The Kier molecular flexibility index (Phi) is 5.45. The summed E-state index contributed by atoms with van der Waals surface area (Å²) in [6.07, 6.45) is -2.50. The molecule has 1 fully saturated rings. The highest BCUT2D eigenvalue weighted by atomic mass is 19.4. The number of carbonyl (C=O) groups is 1. The molecule has 4 nitrogen and oxygen atoms in total. The maximum Gasteiger partial charge on any atom is 0.416 e. The Hall–Kier alpha value is -2.96. The molecule has 1 amide bonds. The molecule has 4 rings (SSSR count). The molecule has 0 atom stereocenters. The van der Waals surface area contributed by atoms with Crippen LogP contribution in [0.5, 0.6) is 0 Å². The lowest BCUT2D eigenvalue weighted by Crippen LogP contribution is -2.54. The van der Waals surface area contributed by atoms with Crippen LogP contribution in [0.25, 0.3) is 16.6 Å². The van der Waals surface area contributed by atoms with Gasteiger partial charge in [-0.3, -0.25) is 4.79 Å². The fourth-order valence-corrected chi connectivity index (χ4v) is 3.93. The minimum atomic E-state index is -4.36. The number of benzene rings is 2. The summed E-state index contributed by atoms with van der Waals surface area (Å²) in [5.41, 5.74) is 2.76. The Bertz CT molecular complexity index is 1110. The van der Waals surface area contributed by atoms with Crippen LogP contribution in [0.4, 0.5) is 18.9 Å². The lowest BCUT2D eigenvalue weighted by atomic mass is 9.98. The molecule has 1 saturated heterocycles. The van der Waals surface area contributed by atoms with Crippen molar-refractivity contribution in [2.75, 3.05) is 24.5 Å². The smallest absolute Gasteiger partial charge is 0.370 e. The number of aryl methyl sites for hydroxylation is 1. The van der Waals surface area contributed by atoms with E-state index in [0.717, 1.165) is 28.5 Å². The summed E-state index contributed by atoms with van der Waals surface area (Å²) in [6, 6.07) is 11.7. The van der Waals surface area contributed by atoms with Crippen LogP contribution >= 0.6 is 0 Å². The number of fused-ring (bicyclic) bond motifs is 1. The molecule has 2 heterocycles. The average molecular weight is 429 g/mol. The quantitative estimate of drug-likeness (QED) is 0.608. The van der Waals surface area contributed by atoms with Crippen molar-refractivity contribution in [3.8, 4) is 5.69 Å². The predicted molar refractivity (Wildman–Crippen MR) is 117 cm³/mol. The van der Waals surface area contributed by atoms with Crippen LogP contribution in [0.1, 0.15) is 25.0 Å². The SMILES string of the molecule is Cc1cn(-c2cccc(N3CC(C(=O)NCC(C)C)C3)c2)c2ccc(C(F)(F)F)cc12. The van der Waals surface area contributed by atoms with E-state index < -0.39 is 11.7 Å². The first-order valence-corrected chi connectivity index (χ1v) is 10.5. The molecular formula is C24H26F3N3O. The number of hydrogen-bond donors (Lipinski definition) is 1. The van der Waals surface area contributed by atoms with Crippen LogP contribution in [-0.4, -0.2) is 30.1 Å². The maximum atomic E-state index is 13.1. The van der Waals surface area contributed by atoms with E-state index in [2.05, 4.69) is 24.1 Å². The third-order valence-corrected chi connectivity index (χ3v) is 5.74. The van der Waals surface area contributed by atoms with Gasteiger partial charge in [0.15, 0.2) is 0 Å². The number of halogens is 3. The van der Waals surface area contributed by atoms with Gasteiger partial charge < -0.3 is 14.8 Å². The Morgan fingerprint density at radius 3 is 2.52 bits per heavy atom. The molecule has 1 aliphatic heterocycles. The van der Waals surface area contributed by atoms with E-state index in [0.29, 0.717) is 30.9 Å². The zero-order valence-corrected chi connectivity index (χ0v) is 17.8. The Morgan fingerprint density at radius 1 is 1.13 bits per heavy atom. The molecule has 164 valence electrons. The number of amides is 1. The van der Waals surface area contributed by atoms with Crippen LogP contribution in [0.3, 0.4) is 0 Å². The highest BCUT2D eigenvalue weighted by Crippen LogP contribution is 2.34. The molecule has 2 aromatic carbocycles. The molecular weight excluding hydrogens is 403 g/mol. The minimum Gasteiger partial charge on any atom is -0.370 e. The van der Waals surface area contributed by atoms with Crippen molar-refractivity contribution < 1.29 is 18.0 Å². The van der Waals surface area contributed by atoms with Gasteiger partial charge in [-0.15, -0.1) is 0 Å². The van der Waals surface area contributed by atoms with Gasteiger partial charge >= 0.3 is 6.18 Å². The van der Waals surface area contributed by atoms with Crippen LogP contribution < -0.4 is 10.2 Å². The second kappa shape index (κ2) is 7.94. The van der Waals surface area contributed by atoms with Crippen molar-refractivity contribution in [1.29, 1.82) is 0 Å². The van der Waals surface area contributed by atoms with Gasteiger partial charge in [-0.1, -0.05) is 19.9 Å². The predicted octanol–water partition coefficient (Wildman–Crippen LogP) is 5.17. The molecule has 0 spiro atoms. The van der Waals surface area contributed by atoms with Gasteiger partial charge in [-0.25, -0.2) is 0 Å². The Balaban J connectivity index is 1.54. The summed E-state index contributed by atoms with van der Waals surface area (Å²) < 4.78 is 41.2. The highest BCUT2D eigenvalue weighted by molar-refractivity contribution is 5.86. The first-order chi connectivity index (χ1) is 14.6. The Labute approximate surface area is 179 Å². The second-order valence-electron chi connectivity index (χ2n) is 8.67. The summed E-state index contributed by atoms with van der Waals surface area (Å²) in [4.78, 5) is 14.4. The van der Waals surface area contributed by atoms with Crippen LogP contribution in [0.15, 0.2) is 48.7 Å². The fourth-order valence-electron chi connectivity index (χ4n) is 3.93. The van der Waals surface area contributed by atoms with Crippen LogP contribution in [-0.2, 0) is 11.0 Å². The molecule has 0 saturated carbocycles. The van der Waals surface area contributed by atoms with Crippen LogP contribution in [0, 0.1) is 18.8 Å². The number of anilines is 1. The standard InChI is InChI=1S/C24H26F3N3O/c1-15(2)11-28-23(31)17-13-29(14-17)19-5-4-6-20(10-19)30-12-16(3)21-9-18(24(25,26)27)7-8-22(21)30/h4-10,12,15,17H,11,13-14H2,1-3H3,(H,28,31). The van der Waals surface area contributed by atoms with E-state index in [4.69, 9.17) is 0 Å². The second-order valence-corrected chi connectivity index (χ2v) is 8.67. The van der Waals surface area contributed by atoms with Gasteiger partial charge in [0.2, 0.25) is 5.91 Å². The molecule has 0 unspecified atom stereocenters. The number of nitrogens with zero attached hydrogens (tertiary/aromatic N) is 2. The van der Waals surface area contributed by atoms with Gasteiger partial charge in [0, 0.05) is 42.6 Å². The van der Waals surface area contributed by atoms with Crippen molar-refractivity contribution in [3.05, 3.63) is 59.8 Å². The van der Waals surface area contributed by atoms with Crippen molar-refractivity contribution in [2.24, 2.45) is 11.8 Å². The summed E-state index contributed by atoms with van der Waals surface area (Å²) in [6.45, 7) is 7.95. The first-order valence-electron chi connectivity index (χ1n) is 10.5. The third kappa shape index (κ3) is 4.27. The molecule has 31 heavy (non-hydrogen) atoms. The Morgan fingerprint density at radius 2 is 1.84 bits per heavy atom. The molecule has 1 aliphatic rings. The molecule has 1 N–H and O–H groups in total. The van der Waals surface area contributed by atoms with Crippen molar-refractivity contribution in [3.63, 3.8) is 0 Å². The zero-order valence-electron chi connectivity index (χ0n) is 17.8. The fraction of sp³-hybridized carbons (Fsp3) is 0.375. The molecule has 0 aliphatic carbocycles. The van der Waals surface area contributed by atoms with Crippen LogP contribution in [0.2, 0.25) is 0 Å². The number of aromatic nitrogens is 1. The third-order valence-electron chi connectivity index (χ3n) is 5.74.